The SMILES string of the molecule is CCc1cccc2c1ncc1ccccc12. The number of fused-ring (bicyclic) bond motifs is 3. The Morgan fingerprint density at radius 1 is 0.938 bits per heavy atom. The summed E-state index contributed by atoms with van der Waals surface area (Å²) in [6.07, 6.45) is 3.00. The van der Waals surface area contributed by atoms with E-state index in [1.54, 1.807) is 0 Å². The molecule has 0 spiro atoms. The highest BCUT2D eigenvalue weighted by Crippen LogP contribution is 2.25. The summed E-state index contributed by atoms with van der Waals surface area (Å²) in [7, 11) is 0. The molecule has 0 bridgehead atoms. The highest BCUT2D eigenvalue weighted by Gasteiger charge is 2.03. The molecule has 0 N–H and O–H groups in total. The van der Waals surface area contributed by atoms with E-state index in [0.717, 1.165) is 11.9 Å². The molecule has 3 rings (SSSR count). The van der Waals surface area contributed by atoms with Crippen LogP contribution in [0.2, 0.25) is 0 Å². The van der Waals surface area contributed by atoms with Gasteiger partial charge in [0.2, 0.25) is 0 Å². The van der Waals surface area contributed by atoms with E-state index in [1.807, 2.05) is 6.20 Å². The monoisotopic (exact) mass is 207 g/mol. The zero-order chi connectivity index (χ0) is 11.0. The molecule has 0 aliphatic rings. The topological polar surface area (TPSA) is 12.9 Å². The Morgan fingerprint density at radius 2 is 1.75 bits per heavy atom. The Morgan fingerprint density at radius 3 is 2.62 bits per heavy atom. The molecule has 3 aromatic rings. The molecule has 0 amide bonds. The standard InChI is InChI=1S/C15H13N/c1-2-11-7-5-9-14-13-8-4-3-6-12(13)10-16-15(11)14/h3-10H,2H2,1H3. The maximum absolute atomic E-state index is 4.58. The summed E-state index contributed by atoms with van der Waals surface area (Å²) in [6.45, 7) is 2.17. The van der Waals surface area contributed by atoms with E-state index in [2.05, 4.69) is 54.4 Å². The molecule has 1 heteroatoms. The molecular formula is C15H13N. The molecule has 78 valence electrons. The number of rotatable bonds is 1. The Hall–Kier alpha value is -1.89. The molecule has 0 atom stereocenters. The van der Waals surface area contributed by atoms with Crippen LogP contribution in [0, 0.1) is 0 Å². The van der Waals surface area contributed by atoms with Crippen molar-refractivity contribution in [2.24, 2.45) is 0 Å². The van der Waals surface area contributed by atoms with Gasteiger partial charge in [-0.15, -0.1) is 0 Å². The van der Waals surface area contributed by atoms with Crippen molar-refractivity contribution in [3.63, 3.8) is 0 Å². The van der Waals surface area contributed by atoms with E-state index in [1.165, 1.54) is 21.7 Å². The lowest BCUT2D eigenvalue weighted by atomic mass is 10.0. The first-order valence-corrected chi connectivity index (χ1v) is 5.65. The average molecular weight is 207 g/mol. The average Bonchev–Trinajstić information content (AvgIpc) is 2.37. The van der Waals surface area contributed by atoms with Crippen molar-refractivity contribution in [2.75, 3.05) is 0 Å². The fraction of sp³-hybridized carbons (Fsp3) is 0.133. The molecule has 0 aliphatic heterocycles. The maximum atomic E-state index is 4.58. The van der Waals surface area contributed by atoms with Crippen LogP contribution in [-0.2, 0) is 6.42 Å². The lowest BCUT2D eigenvalue weighted by Gasteiger charge is -2.06. The zero-order valence-electron chi connectivity index (χ0n) is 9.27. The van der Waals surface area contributed by atoms with Gasteiger partial charge in [-0.05, 0) is 17.4 Å². The minimum atomic E-state index is 1.03. The third-order valence-corrected chi connectivity index (χ3v) is 3.08. The molecule has 0 fully saturated rings. The van der Waals surface area contributed by atoms with Crippen LogP contribution in [0.5, 0.6) is 0 Å². The normalized spacial score (nSPS) is 11.1. The summed E-state index contributed by atoms with van der Waals surface area (Å²) in [5.74, 6) is 0. The summed E-state index contributed by atoms with van der Waals surface area (Å²) in [4.78, 5) is 4.58. The van der Waals surface area contributed by atoms with Gasteiger partial charge in [0.15, 0.2) is 0 Å². The summed E-state index contributed by atoms with van der Waals surface area (Å²) in [6, 6.07) is 14.8. The second kappa shape index (κ2) is 3.60. The molecule has 2 aromatic carbocycles. The lowest BCUT2D eigenvalue weighted by Crippen LogP contribution is -1.88. The molecule has 1 aromatic heterocycles. The summed E-state index contributed by atoms with van der Waals surface area (Å²) >= 11 is 0. The van der Waals surface area contributed by atoms with E-state index >= 15 is 0 Å². The van der Waals surface area contributed by atoms with Gasteiger partial charge in [0.25, 0.3) is 0 Å². The van der Waals surface area contributed by atoms with Gasteiger partial charge in [0, 0.05) is 17.0 Å². The molecule has 0 saturated carbocycles. The smallest absolute Gasteiger partial charge is 0.0740 e. The fourth-order valence-electron chi connectivity index (χ4n) is 2.24. The minimum Gasteiger partial charge on any atom is -0.255 e. The van der Waals surface area contributed by atoms with Crippen LogP contribution < -0.4 is 0 Å². The lowest BCUT2D eigenvalue weighted by molar-refractivity contribution is 1.15. The van der Waals surface area contributed by atoms with Gasteiger partial charge in [0.05, 0.1) is 5.52 Å². The van der Waals surface area contributed by atoms with E-state index in [9.17, 15) is 0 Å². The van der Waals surface area contributed by atoms with E-state index in [-0.39, 0.29) is 0 Å². The van der Waals surface area contributed by atoms with Crippen molar-refractivity contribution in [2.45, 2.75) is 13.3 Å². The highest BCUT2D eigenvalue weighted by atomic mass is 14.7. The number of hydrogen-bond donors (Lipinski definition) is 0. The van der Waals surface area contributed by atoms with Crippen LogP contribution in [0.1, 0.15) is 12.5 Å². The first-order chi connectivity index (χ1) is 7.90. The molecule has 1 heterocycles. The number of benzene rings is 2. The summed E-state index contributed by atoms with van der Waals surface area (Å²) in [5, 5.41) is 3.77. The van der Waals surface area contributed by atoms with Crippen LogP contribution in [-0.4, -0.2) is 4.98 Å². The molecular weight excluding hydrogens is 194 g/mol. The molecule has 16 heavy (non-hydrogen) atoms. The first-order valence-electron chi connectivity index (χ1n) is 5.65. The molecule has 0 radical (unpaired) electrons. The number of aryl methyl sites for hydroxylation is 1. The van der Waals surface area contributed by atoms with Crippen LogP contribution in [0.25, 0.3) is 21.7 Å². The Labute approximate surface area is 94.7 Å². The van der Waals surface area contributed by atoms with Crippen molar-refractivity contribution < 1.29 is 0 Å². The Balaban J connectivity index is 2.52. The Kier molecular flexibility index (Phi) is 2.10. The number of pyridine rings is 1. The first kappa shape index (κ1) is 9.34. The van der Waals surface area contributed by atoms with E-state index in [4.69, 9.17) is 0 Å². The Bertz CT molecular complexity index is 656. The van der Waals surface area contributed by atoms with Gasteiger partial charge in [-0.1, -0.05) is 49.4 Å². The molecule has 0 aliphatic carbocycles. The van der Waals surface area contributed by atoms with Gasteiger partial charge < -0.3 is 0 Å². The van der Waals surface area contributed by atoms with Crippen molar-refractivity contribution in [3.8, 4) is 0 Å². The minimum absolute atomic E-state index is 1.03. The zero-order valence-corrected chi connectivity index (χ0v) is 9.27. The molecule has 1 nitrogen and oxygen atoms in total. The third-order valence-electron chi connectivity index (χ3n) is 3.08. The third kappa shape index (κ3) is 1.28. The quantitative estimate of drug-likeness (QED) is 0.550. The number of aromatic nitrogens is 1. The van der Waals surface area contributed by atoms with Gasteiger partial charge in [-0.25, -0.2) is 0 Å². The van der Waals surface area contributed by atoms with Crippen molar-refractivity contribution in [3.05, 3.63) is 54.2 Å². The number of nitrogens with zero attached hydrogens (tertiary/aromatic N) is 1. The predicted molar refractivity (Wildman–Crippen MR) is 68.6 cm³/mol. The fourth-order valence-corrected chi connectivity index (χ4v) is 2.24. The maximum Gasteiger partial charge on any atom is 0.0740 e. The number of hydrogen-bond acceptors (Lipinski definition) is 1. The second-order valence-corrected chi connectivity index (χ2v) is 4.01. The van der Waals surface area contributed by atoms with Crippen LogP contribution >= 0.6 is 0 Å². The van der Waals surface area contributed by atoms with Crippen LogP contribution in [0.15, 0.2) is 48.7 Å². The van der Waals surface area contributed by atoms with Gasteiger partial charge in [-0.3, -0.25) is 4.98 Å². The van der Waals surface area contributed by atoms with Crippen molar-refractivity contribution in [1.29, 1.82) is 0 Å². The van der Waals surface area contributed by atoms with Crippen molar-refractivity contribution >= 4 is 21.7 Å². The van der Waals surface area contributed by atoms with Crippen molar-refractivity contribution in [1.82, 2.24) is 4.98 Å². The largest absolute Gasteiger partial charge is 0.255 e. The summed E-state index contributed by atoms with van der Waals surface area (Å²) in [5.41, 5.74) is 2.46. The highest BCUT2D eigenvalue weighted by molar-refractivity contribution is 6.06. The summed E-state index contributed by atoms with van der Waals surface area (Å²) < 4.78 is 0. The number of para-hydroxylation sites is 1. The van der Waals surface area contributed by atoms with Crippen LogP contribution in [0.4, 0.5) is 0 Å². The molecule has 0 saturated heterocycles. The van der Waals surface area contributed by atoms with E-state index < -0.39 is 0 Å². The van der Waals surface area contributed by atoms with E-state index in [0.29, 0.717) is 0 Å². The van der Waals surface area contributed by atoms with Gasteiger partial charge in [0.1, 0.15) is 0 Å². The molecule has 0 unspecified atom stereocenters. The van der Waals surface area contributed by atoms with Gasteiger partial charge in [-0.2, -0.15) is 0 Å². The predicted octanol–water partition coefficient (Wildman–Crippen LogP) is 3.95. The van der Waals surface area contributed by atoms with Crippen LogP contribution in [0.3, 0.4) is 0 Å². The van der Waals surface area contributed by atoms with Gasteiger partial charge >= 0.3 is 0 Å². The second-order valence-electron chi connectivity index (χ2n) is 4.01.